The Balaban J connectivity index is 2.74. The molecule has 0 aliphatic heterocycles. The van der Waals surface area contributed by atoms with Gasteiger partial charge in [0.15, 0.2) is 0 Å². The van der Waals surface area contributed by atoms with Crippen LogP contribution in [0.3, 0.4) is 0 Å². The number of nitrogens with zero attached hydrogens (tertiary/aromatic N) is 1. The van der Waals surface area contributed by atoms with E-state index in [0.29, 0.717) is 5.75 Å². The van der Waals surface area contributed by atoms with Gasteiger partial charge in [-0.1, -0.05) is 0 Å². The van der Waals surface area contributed by atoms with Gasteiger partial charge >= 0.3 is 5.97 Å². The molecule has 0 spiro atoms. The van der Waals surface area contributed by atoms with Gasteiger partial charge in [-0.25, -0.2) is 0 Å². The Morgan fingerprint density at radius 3 is 2.73 bits per heavy atom. The molecule has 11 heavy (non-hydrogen) atoms. The molecule has 0 N–H and O–H groups in total. The van der Waals surface area contributed by atoms with Crippen molar-refractivity contribution >= 4 is 5.97 Å². The SMILES string of the molecule is CC(=O)Oc1ccc(C)nc1. The largest absolute Gasteiger partial charge is 0.425 e. The van der Waals surface area contributed by atoms with Gasteiger partial charge in [-0.2, -0.15) is 0 Å². The molecule has 1 aromatic heterocycles. The maximum Gasteiger partial charge on any atom is 0.308 e. The number of hydrogen-bond acceptors (Lipinski definition) is 3. The van der Waals surface area contributed by atoms with Gasteiger partial charge in [0.1, 0.15) is 5.75 Å². The van der Waals surface area contributed by atoms with E-state index in [1.807, 2.05) is 6.92 Å². The Kier molecular flexibility index (Phi) is 2.21. The summed E-state index contributed by atoms with van der Waals surface area (Å²) in [4.78, 5) is 14.4. The highest BCUT2D eigenvalue weighted by Gasteiger charge is 1.95. The summed E-state index contributed by atoms with van der Waals surface area (Å²) in [6.45, 7) is 3.23. The molecule has 0 atom stereocenters. The molecule has 0 amide bonds. The Morgan fingerprint density at radius 2 is 2.27 bits per heavy atom. The molecule has 0 saturated carbocycles. The molecule has 0 fully saturated rings. The zero-order chi connectivity index (χ0) is 8.27. The highest BCUT2D eigenvalue weighted by molar-refractivity contribution is 5.69. The first-order chi connectivity index (χ1) is 5.18. The summed E-state index contributed by atoms with van der Waals surface area (Å²) in [6, 6.07) is 3.50. The predicted molar refractivity (Wildman–Crippen MR) is 40.3 cm³/mol. The van der Waals surface area contributed by atoms with E-state index in [2.05, 4.69) is 4.98 Å². The summed E-state index contributed by atoms with van der Waals surface area (Å²) >= 11 is 0. The summed E-state index contributed by atoms with van der Waals surface area (Å²) in [5.74, 6) is 0.166. The van der Waals surface area contributed by atoms with Crippen molar-refractivity contribution in [1.82, 2.24) is 4.98 Å². The molecule has 3 nitrogen and oxygen atoms in total. The zero-order valence-corrected chi connectivity index (χ0v) is 6.50. The van der Waals surface area contributed by atoms with E-state index in [1.54, 1.807) is 12.1 Å². The molecule has 0 aliphatic carbocycles. The van der Waals surface area contributed by atoms with E-state index >= 15 is 0 Å². The van der Waals surface area contributed by atoms with Crippen LogP contribution in [0.25, 0.3) is 0 Å². The lowest BCUT2D eigenvalue weighted by Gasteiger charge is -1.98. The van der Waals surface area contributed by atoms with Crippen molar-refractivity contribution in [2.75, 3.05) is 0 Å². The zero-order valence-electron chi connectivity index (χ0n) is 6.50. The van der Waals surface area contributed by atoms with Crippen LogP contribution in [0.5, 0.6) is 5.75 Å². The van der Waals surface area contributed by atoms with E-state index < -0.39 is 0 Å². The van der Waals surface area contributed by atoms with Crippen LogP contribution in [0.2, 0.25) is 0 Å². The van der Waals surface area contributed by atoms with Crippen molar-refractivity contribution in [2.45, 2.75) is 13.8 Å². The molecule has 1 aromatic rings. The maximum absolute atomic E-state index is 10.4. The average Bonchev–Trinajstić information content (AvgIpc) is 1.93. The number of rotatable bonds is 1. The van der Waals surface area contributed by atoms with Gasteiger partial charge < -0.3 is 4.74 Å². The minimum Gasteiger partial charge on any atom is -0.425 e. The first-order valence-electron chi connectivity index (χ1n) is 3.29. The highest BCUT2D eigenvalue weighted by atomic mass is 16.5. The first-order valence-corrected chi connectivity index (χ1v) is 3.29. The van der Waals surface area contributed by atoms with Gasteiger partial charge in [-0.15, -0.1) is 0 Å². The summed E-state index contributed by atoms with van der Waals surface area (Å²) in [7, 11) is 0. The predicted octanol–water partition coefficient (Wildman–Crippen LogP) is 1.32. The fourth-order valence-electron chi connectivity index (χ4n) is 0.681. The quantitative estimate of drug-likeness (QED) is 0.568. The molecule has 0 saturated heterocycles. The topological polar surface area (TPSA) is 39.2 Å². The number of pyridine rings is 1. The molecule has 3 heteroatoms. The van der Waals surface area contributed by atoms with Crippen LogP contribution >= 0.6 is 0 Å². The van der Waals surface area contributed by atoms with Crippen molar-refractivity contribution in [1.29, 1.82) is 0 Å². The van der Waals surface area contributed by atoms with Crippen LogP contribution in [-0.4, -0.2) is 11.0 Å². The van der Waals surface area contributed by atoms with Crippen LogP contribution in [0, 0.1) is 6.92 Å². The fraction of sp³-hybridized carbons (Fsp3) is 0.250. The van der Waals surface area contributed by atoms with Gasteiger partial charge in [-0.3, -0.25) is 9.78 Å². The minimum atomic E-state index is -0.323. The van der Waals surface area contributed by atoms with E-state index in [1.165, 1.54) is 13.1 Å². The third-order valence-electron chi connectivity index (χ3n) is 1.15. The lowest BCUT2D eigenvalue weighted by Crippen LogP contribution is -2.01. The summed E-state index contributed by atoms with van der Waals surface area (Å²) in [5.41, 5.74) is 0.904. The molecular formula is C8H9NO2. The monoisotopic (exact) mass is 151 g/mol. The lowest BCUT2D eigenvalue weighted by molar-refractivity contribution is -0.131. The second kappa shape index (κ2) is 3.14. The minimum absolute atomic E-state index is 0.323. The molecule has 0 unspecified atom stereocenters. The number of carbonyl (C=O) groups is 1. The molecule has 0 aromatic carbocycles. The third-order valence-corrected chi connectivity index (χ3v) is 1.15. The van der Waals surface area contributed by atoms with Gasteiger partial charge in [0.2, 0.25) is 0 Å². The smallest absolute Gasteiger partial charge is 0.308 e. The number of aromatic nitrogens is 1. The summed E-state index contributed by atoms with van der Waals surface area (Å²) < 4.78 is 4.77. The molecule has 0 radical (unpaired) electrons. The molecule has 0 bridgehead atoms. The van der Waals surface area contributed by atoms with Crippen LogP contribution in [0.15, 0.2) is 18.3 Å². The standard InChI is InChI=1S/C8H9NO2/c1-6-3-4-8(5-9-6)11-7(2)10/h3-5H,1-2H3. The second-order valence-electron chi connectivity index (χ2n) is 2.23. The van der Waals surface area contributed by atoms with E-state index in [4.69, 9.17) is 4.74 Å². The Labute approximate surface area is 65.0 Å². The molecular weight excluding hydrogens is 142 g/mol. The van der Waals surface area contributed by atoms with E-state index in [9.17, 15) is 4.79 Å². The van der Waals surface area contributed by atoms with Crippen molar-refractivity contribution in [3.05, 3.63) is 24.0 Å². The van der Waals surface area contributed by atoms with Crippen LogP contribution in [0.1, 0.15) is 12.6 Å². The molecule has 0 aliphatic rings. The van der Waals surface area contributed by atoms with Crippen LogP contribution < -0.4 is 4.74 Å². The van der Waals surface area contributed by atoms with Crippen molar-refractivity contribution in [3.8, 4) is 5.75 Å². The van der Waals surface area contributed by atoms with E-state index in [0.717, 1.165) is 5.69 Å². The number of ether oxygens (including phenoxy) is 1. The average molecular weight is 151 g/mol. The summed E-state index contributed by atoms with van der Waals surface area (Å²) in [5, 5.41) is 0. The summed E-state index contributed by atoms with van der Waals surface area (Å²) in [6.07, 6.45) is 1.52. The fourth-order valence-corrected chi connectivity index (χ4v) is 0.681. The lowest BCUT2D eigenvalue weighted by atomic mass is 10.4. The molecule has 1 rings (SSSR count). The highest BCUT2D eigenvalue weighted by Crippen LogP contribution is 2.07. The van der Waals surface area contributed by atoms with Crippen molar-refractivity contribution in [3.63, 3.8) is 0 Å². The van der Waals surface area contributed by atoms with Crippen LogP contribution in [0.4, 0.5) is 0 Å². The van der Waals surface area contributed by atoms with Gasteiger partial charge in [0.25, 0.3) is 0 Å². The Hall–Kier alpha value is -1.38. The first kappa shape index (κ1) is 7.72. The van der Waals surface area contributed by atoms with Gasteiger partial charge in [-0.05, 0) is 19.1 Å². The normalized spacial score (nSPS) is 9.27. The molecule has 58 valence electrons. The second-order valence-corrected chi connectivity index (χ2v) is 2.23. The Bertz CT molecular complexity index is 253. The van der Waals surface area contributed by atoms with Gasteiger partial charge in [0.05, 0.1) is 6.20 Å². The van der Waals surface area contributed by atoms with Crippen molar-refractivity contribution < 1.29 is 9.53 Å². The van der Waals surface area contributed by atoms with Crippen molar-refractivity contribution in [2.24, 2.45) is 0 Å². The maximum atomic E-state index is 10.4. The van der Waals surface area contributed by atoms with Gasteiger partial charge in [0, 0.05) is 12.6 Å². The number of hydrogen-bond donors (Lipinski definition) is 0. The van der Waals surface area contributed by atoms with Crippen LogP contribution in [-0.2, 0) is 4.79 Å². The van der Waals surface area contributed by atoms with E-state index in [-0.39, 0.29) is 5.97 Å². The molecule has 1 heterocycles. The number of aryl methyl sites for hydroxylation is 1. The third kappa shape index (κ3) is 2.37. The Morgan fingerprint density at radius 1 is 1.55 bits per heavy atom. The number of esters is 1. The number of carbonyl (C=O) groups excluding carboxylic acids is 1.